The Morgan fingerprint density at radius 2 is 2.00 bits per heavy atom. The molecule has 6 heteroatoms. The first-order valence-corrected chi connectivity index (χ1v) is 9.27. The lowest BCUT2D eigenvalue weighted by molar-refractivity contribution is 0.210. The first-order valence-electron chi connectivity index (χ1n) is 8.08. The number of hydrogen-bond acceptors (Lipinski definition) is 4. The van der Waals surface area contributed by atoms with Gasteiger partial charge in [-0.05, 0) is 25.1 Å². The van der Waals surface area contributed by atoms with Crippen LogP contribution in [0.4, 0.5) is 5.82 Å². The van der Waals surface area contributed by atoms with Crippen molar-refractivity contribution in [3.05, 3.63) is 53.1 Å². The molecule has 0 aliphatic carbocycles. The number of rotatable bonds is 5. The number of thiazole rings is 1. The summed E-state index contributed by atoms with van der Waals surface area (Å²) < 4.78 is 8.48. The van der Waals surface area contributed by atoms with Gasteiger partial charge in [-0.25, -0.2) is 4.98 Å². The van der Waals surface area contributed by atoms with Crippen molar-refractivity contribution in [3.8, 4) is 11.3 Å². The molecule has 1 N–H and O–H groups in total. The molecule has 0 saturated heterocycles. The minimum absolute atomic E-state index is 0.633. The van der Waals surface area contributed by atoms with Gasteiger partial charge in [-0.2, -0.15) is 0 Å². The Morgan fingerprint density at radius 1 is 1.20 bits per heavy atom. The molecule has 128 valence electrons. The van der Waals surface area contributed by atoms with Crippen LogP contribution in [0, 0.1) is 6.92 Å². The predicted octanol–water partition coefficient (Wildman–Crippen LogP) is 5.24. The number of methoxy groups -OCH3 is 1. The van der Waals surface area contributed by atoms with Crippen LogP contribution in [-0.2, 0) is 4.74 Å². The second-order valence-electron chi connectivity index (χ2n) is 5.93. The summed E-state index contributed by atoms with van der Waals surface area (Å²) in [5.74, 6) is 0.990. The van der Waals surface area contributed by atoms with Gasteiger partial charge in [-0.3, -0.25) is 4.40 Å². The molecule has 0 bridgehead atoms. The van der Waals surface area contributed by atoms with Crippen LogP contribution in [0.15, 0.2) is 42.5 Å². The van der Waals surface area contributed by atoms with E-state index in [1.807, 2.05) is 18.2 Å². The van der Waals surface area contributed by atoms with Crippen molar-refractivity contribution >= 4 is 43.9 Å². The SMILES string of the molecule is COCCNc1c(-c2ccc(C)cc2)nc2sc3cc(Cl)ccc3n12. The first kappa shape index (κ1) is 16.4. The molecule has 2 heterocycles. The maximum Gasteiger partial charge on any atom is 0.197 e. The number of aryl methyl sites for hydroxylation is 1. The Hall–Kier alpha value is -2.08. The highest BCUT2D eigenvalue weighted by Gasteiger charge is 2.18. The van der Waals surface area contributed by atoms with Crippen LogP contribution in [0.5, 0.6) is 0 Å². The van der Waals surface area contributed by atoms with E-state index in [2.05, 4.69) is 40.9 Å². The molecule has 25 heavy (non-hydrogen) atoms. The molecule has 0 unspecified atom stereocenters. The lowest BCUT2D eigenvalue weighted by Crippen LogP contribution is -2.10. The van der Waals surface area contributed by atoms with Gasteiger partial charge in [0.25, 0.3) is 0 Å². The summed E-state index contributed by atoms with van der Waals surface area (Å²) >= 11 is 7.79. The molecular formula is C19H18ClN3OS. The minimum atomic E-state index is 0.633. The molecule has 4 aromatic rings. The van der Waals surface area contributed by atoms with Crippen LogP contribution in [0.1, 0.15) is 5.56 Å². The average molecular weight is 372 g/mol. The Kier molecular flexibility index (Phi) is 4.37. The van der Waals surface area contributed by atoms with Crippen molar-refractivity contribution in [1.82, 2.24) is 9.38 Å². The third-order valence-corrected chi connectivity index (χ3v) is 5.37. The van der Waals surface area contributed by atoms with Gasteiger partial charge in [0.15, 0.2) is 4.96 Å². The molecule has 0 radical (unpaired) electrons. The number of nitrogens with zero attached hydrogens (tertiary/aromatic N) is 2. The van der Waals surface area contributed by atoms with E-state index < -0.39 is 0 Å². The average Bonchev–Trinajstić information content (AvgIpc) is 3.12. The number of fused-ring (bicyclic) bond motifs is 3. The zero-order chi connectivity index (χ0) is 17.4. The molecule has 0 saturated carbocycles. The van der Waals surface area contributed by atoms with E-state index in [-0.39, 0.29) is 0 Å². The molecule has 2 aromatic carbocycles. The van der Waals surface area contributed by atoms with Crippen LogP contribution in [0.25, 0.3) is 26.4 Å². The van der Waals surface area contributed by atoms with E-state index in [0.717, 1.165) is 37.3 Å². The molecule has 0 spiro atoms. The zero-order valence-corrected chi connectivity index (χ0v) is 15.6. The first-order chi connectivity index (χ1) is 12.2. The van der Waals surface area contributed by atoms with E-state index in [4.69, 9.17) is 21.3 Å². The summed E-state index contributed by atoms with van der Waals surface area (Å²) in [7, 11) is 1.70. The van der Waals surface area contributed by atoms with Gasteiger partial charge >= 0.3 is 0 Å². The fraction of sp³-hybridized carbons (Fsp3) is 0.211. The highest BCUT2D eigenvalue weighted by atomic mass is 35.5. The third kappa shape index (κ3) is 2.99. The number of aromatic nitrogens is 2. The normalized spacial score (nSPS) is 11.5. The Balaban J connectivity index is 1.92. The largest absolute Gasteiger partial charge is 0.383 e. The van der Waals surface area contributed by atoms with E-state index >= 15 is 0 Å². The van der Waals surface area contributed by atoms with Crippen molar-refractivity contribution in [3.63, 3.8) is 0 Å². The highest BCUT2D eigenvalue weighted by molar-refractivity contribution is 7.23. The van der Waals surface area contributed by atoms with Gasteiger partial charge in [0, 0.05) is 24.2 Å². The standard InChI is InChI=1S/C19H18ClN3OS/c1-12-3-5-13(6-4-12)17-18(21-9-10-24-2)23-15-8-7-14(20)11-16(15)25-19(23)22-17/h3-8,11,21H,9-10H2,1-2H3. The van der Waals surface area contributed by atoms with Gasteiger partial charge < -0.3 is 10.1 Å². The summed E-state index contributed by atoms with van der Waals surface area (Å²) in [6.45, 7) is 3.44. The van der Waals surface area contributed by atoms with Crippen molar-refractivity contribution in [2.75, 3.05) is 25.6 Å². The number of imidazole rings is 1. The Bertz CT molecular complexity index is 1040. The van der Waals surface area contributed by atoms with Gasteiger partial charge in [0.1, 0.15) is 11.5 Å². The van der Waals surface area contributed by atoms with Crippen LogP contribution < -0.4 is 5.32 Å². The number of hydrogen-bond donors (Lipinski definition) is 1. The monoisotopic (exact) mass is 371 g/mol. The minimum Gasteiger partial charge on any atom is -0.383 e. The number of halogens is 1. The maximum atomic E-state index is 6.14. The third-order valence-electron chi connectivity index (χ3n) is 4.13. The van der Waals surface area contributed by atoms with Gasteiger partial charge in [0.2, 0.25) is 0 Å². The fourth-order valence-electron chi connectivity index (χ4n) is 2.89. The number of ether oxygens (including phenoxy) is 1. The van der Waals surface area contributed by atoms with E-state index in [1.54, 1.807) is 18.4 Å². The summed E-state index contributed by atoms with van der Waals surface area (Å²) in [6.07, 6.45) is 0. The number of anilines is 1. The van der Waals surface area contributed by atoms with E-state index in [0.29, 0.717) is 13.2 Å². The van der Waals surface area contributed by atoms with Gasteiger partial charge in [-0.1, -0.05) is 52.8 Å². The maximum absolute atomic E-state index is 6.14. The van der Waals surface area contributed by atoms with E-state index in [1.165, 1.54) is 5.56 Å². The van der Waals surface area contributed by atoms with Crippen molar-refractivity contribution in [2.45, 2.75) is 6.92 Å². The summed E-state index contributed by atoms with van der Waals surface area (Å²) in [6, 6.07) is 14.4. The lowest BCUT2D eigenvalue weighted by atomic mass is 10.1. The van der Waals surface area contributed by atoms with Gasteiger partial charge in [-0.15, -0.1) is 0 Å². The number of nitrogens with one attached hydrogen (secondary N) is 1. The second kappa shape index (κ2) is 6.67. The van der Waals surface area contributed by atoms with Gasteiger partial charge in [0.05, 0.1) is 16.8 Å². The topological polar surface area (TPSA) is 38.6 Å². The van der Waals surface area contributed by atoms with Crippen molar-refractivity contribution in [1.29, 1.82) is 0 Å². The summed E-state index contributed by atoms with van der Waals surface area (Å²) in [4.78, 5) is 5.84. The molecule has 0 atom stereocenters. The van der Waals surface area contributed by atoms with Crippen molar-refractivity contribution in [2.24, 2.45) is 0 Å². The molecule has 2 aromatic heterocycles. The quantitative estimate of drug-likeness (QED) is 0.488. The highest BCUT2D eigenvalue weighted by Crippen LogP contribution is 2.36. The molecule has 4 rings (SSSR count). The molecule has 0 fully saturated rings. The Morgan fingerprint density at radius 3 is 2.76 bits per heavy atom. The molecule has 0 aliphatic heterocycles. The Labute approximate surface area is 155 Å². The predicted molar refractivity (Wildman–Crippen MR) is 106 cm³/mol. The smallest absolute Gasteiger partial charge is 0.197 e. The van der Waals surface area contributed by atoms with Crippen LogP contribution >= 0.6 is 22.9 Å². The molecular weight excluding hydrogens is 354 g/mol. The van der Waals surface area contributed by atoms with E-state index in [9.17, 15) is 0 Å². The molecule has 4 nitrogen and oxygen atoms in total. The number of benzene rings is 2. The van der Waals surface area contributed by atoms with Crippen LogP contribution in [0.2, 0.25) is 5.02 Å². The summed E-state index contributed by atoms with van der Waals surface area (Å²) in [5, 5.41) is 4.23. The fourth-order valence-corrected chi connectivity index (χ4v) is 4.19. The lowest BCUT2D eigenvalue weighted by Gasteiger charge is -2.09. The molecule has 0 aliphatic rings. The zero-order valence-electron chi connectivity index (χ0n) is 14.0. The second-order valence-corrected chi connectivity index (χ2v) is 7.37. The molecule has 0 amide bonds. The van der Waals surface area contributed by atoms with Crippen molar-refractivity contribution < 1.29 is 4.74 Å². The van der Waals surface area contributed by atoms with Crippen LogP contribution in [0.3, 0.4) is 0 Å². The summed E-state index contributed by atoms with van der Waals surface area (Å²) in [5.41, 5.74) is 4.40. The van der Waals surface area contributed by atoms with Crippen LogP contribution in [-0.4, -0.2) is 29.6 Å².